The summed E-state index contributed by atoms with van der Waals surface area (Å²) in [6.45, 7) is 0. The summed E-state index contributed by atoms with van der Waals surface area (Å²) in [5.41, 5.74) is 47.5. The van der Waals surface area contributed by atoms with E-state index in [9.17, 15) is 0 Å². The molecule has 149 heavy (non-hydrogen) atoms. The van der Waals surface area contributed by atoms with Gasteiger partial charge < -0.3 is 23.5 Å². The van der Waals surface area contributed by atoms with E-state index in [-0.39, 0.29) is 0 Å². The van der Waals surface area contributed by atoms with Crippen LogP contribution in [0.25, 0.3) is 248 Å². The highest BCUT2D eigenvalue weighted by Crippen LogP contribution is 2.56. The molecule has 0 bridgehead atoms. The van der Waals surface area contributed by atoms with E-state index in [1.807, 2.05) is 0 Å². The van der Waals surface area contributed by atoms with E-state index >= 15 is 0 Å². The van der Waals surface area contributed by atoms with Crippen molar-refractivity contribution in [3.63, 3.8) is 0 Å². The Labute approximate surface area is 863 Å². The first-order chi connectivity index (χ1) is 73.9. The maximum absolute atomic E-state index is 2.48. The Morgan fingerprint density at radius 2 is 0.342 bits per heavy atom. The zero-order valence-electron chi connectivity index (χ0n) is 81.4. The zero-order chi connectivity index (χ0) is 98.1. The number of para-hydroxylation sites is 6. The van der Waals surface area contributed by atoms with Crippen LogP contribution in [0.1, 0.15) is 0 Å². The SMILES string of the molecule is c1ccc(-c2cc(N(c3ccccc3)c3ccccc3)cc(-n3c4ccccc4c4cc5c(cc43)-c3cccc4cccc(c34)-c3ccccc3-5)c2)cc1.c1ccc(-c2ccc(-n3c4ccccc4c4cc5c(cc43)-c3cccc4cccc(c34)-c3ccccc3-5)cc2)cc1.c1ccc(-c2ccc(N(c3ccccc3)c3ccc(-n4c5ccccc5c5cc6c(cc54)-c4cccc5cccc(c45)-c4ccccc4-6)cc3)cc2)cc1. The molecule has 3 heterocycles. The van der Waals surface area contributed by atoms with Gasteiger partial charge in [0.15, 0.2) is 0 Å². The summed E-state index contributed by atoms with van der Waals surface area (Å²) in [5, 5.41) is 15.3. The predicted octanol–water partition coefficient (Wildman–Crippen LogP) is 39.7. The van der Waals surface area contributed by atoms with Crippen molar-refractivity contribution in [1.29, 1.82) is 0 Å². The number of rotatable bonds is 12. The topological polar surface area (TPSA) is 21.3 Å². The molecule has 3 aliphatic carbocycles. The van der Waals surface area contributed by atoms with Gasteiger partial charge >= 0.3 is 0 Å². The molecule has 28 aromatic rings. The molecular weight excluding hydrogens is 1800 g/mol. The van der Waals surface area contributed by atoms with Crippen LogP contribution in [0.4, 0.5) is 34.1 Å². The Balaban J connectivity index is 0.000000106. The van der Waals surface area contributed by atoms with Crippen LogP contribution in [-0.4, -0.2) is 13.7 Å². The number of hydrogen-bond donors (Lipinski definition) is 0. The van der Waals surface area contributed by atoms with E-state index < -0.39 is 0 Å². The molecule has 25 aromatic carbocycles. The molecule has 0 amide bonds. The lowest BCUT2D eigenvalue weighted by atomic mass is 9.92. The van der Waals surface area contributed by atoms with Crippen LogP contribution in [0, 0.1) is 0 Å². The fraction of sp³-hybridized carbons (Fsp3) is 0. The van der Waals surface area contributed by atoms with Crippen molar-refractivity contribution in [3.8, 4) is 151 Å². The van der Waals surface area contributed by atoms with Crippen molar-refractivity contribution in [1.82, 2.24) is 13.7 Å². The van der Waals surface area contributed by atoms with E-state index in [1.165, 1.54) is 231 Å². The van der Waals surface area contributed by atoms with Gasteiger partial charge in [0.05, 0.1) is 33.1 Å². The number of nitrogens with zero attached hydrogens (tertiary/aromatic N) is 5. The van der Waals surface area contributed by atoms with Crippen LogP contribution in [0.2, 0.25) is 0 Å². The Hall–Kier alpha value is -19.7. The average Bonchev–Trinajstić information content (AvgIpc) is 1.57. The van der Waals surface area contributed by atoms with Crippen LogP contribution in [0.3, 0.4) is 0 Å². The van der Waals surface area contributed by atoms with Gasteiger partial charge in [-0.3, -0.25) is 0 Å². The summed E-state index contributed by atoms with van der Waals surface area (Å²) in [5.74, 6) is 0. The van der Waals surface area contributed by atoms with Gasteiger partial charge in [-0.2, -0.15) is 0 Å². The van der Waals surface area contributed by atoms with Gasteiger partial charge in [-0.15, -0.1) is 0 Å². The largest absolute Gasteiger partial charge is 0.311 e. The lowest BCUT2D eigenvalue weighted by molar-refractivity contribution is 1.17. The standard InChI is InChI=1S/2C52H34N2.C40H25N/c1-4-16-35(17-5-1)37-30-40(53(38-20-6-2-7-21-38)39-22-8-3-9-23-39)32-41(31-37)54-50-29-13-12-26-44(50)49-33-47-43-25-11-10-24-42(43)45-27-14-18-36-19-15-28-46(52(36)45)48(47)34-51(49)54;1-3-13-35(14-4-1)36-25-27-39(28-26-36)53(38-17-5-2-6-18-38)40-29-31-41(32-30-40)54-50-24-10-9-21-44(50)49-33-47-43-20-8-7-19-42(43)45-22-11-15-37-16-12-23-46(52(37)45)48(47)34-51(49)54;1-2-10-26(11-3-1)27-20-22-29(23-21-27)41-38-19-7-6-16-32(38)37-24-35-31-15-5-4-14-30(31)33-17-8-12-28-13-9-18-34(40(28)33)36(35)25-39(37)41/h2*1-34H;1-25H. The van der Waals surface area contributed by atoms with E-state index in [0.717, 1.165) is 51.1 Å². The summed E-state index contributed by atoms with van der Waals surface area (Å²) in [6.07, 6.45) is 0. The molecule has 0 spiro atoms. The van der Waals surface area contributed by atoms with Crippen molar-refractivity contribution in [2.45, 2.75) is 0 Å². The summed E-state index contributed by atoms with van der Waals surface area (Å²) < 4.78 is 7.36. The lowest BCUT2D eigenvalue weighted by Gasteiger charge is -2.27. The molecule has 0 aliphatic heterocycles. The van der Waals surface area contributed by atoms with Gasteiger partial charge in [-0.05, 0) is 324 Å². The number of fused-ring (bicyclic) bond motifs is 24. The minimum absolute atomic E-state index is 1.09. The van der Waals surface area contributed by atoms with Gasteiger partial charge in [0.2, 0.25) is 0 Å². The van der Waals surface area contributed by atoms with Crippen LogP contribution in [0.15, 0.2) is 564 Å². The summed E-state index contributed by atoms with van der Waals surface area (Å²) >= 11 is 0. The Kier molecular flexibility index (Phi) is 20.6. The highest BCUT2D eigenvalue weighted by atomic mass is 15.2. The first-order valence-electron chi connectivity index (χ1n) is 51.4. The van der Waals surface area contributed by atoms with Gasteiger partial charge in [-0.25, -0.2) is 0 Å². The molecule has 0 radical (unpaired) electrons. The van der Waals surface area contributed by atoms with E-state index in [2.05, 4.69) is 588 Å². The second kappa shape index (κ2) is 35.7. The Morgan fingerprint density at radius 3 is 0.678 bits per heavy atom. The molecule has 5 nitrogen and oxygen atoms in total. The Bertz CT molecular complexity index is 10100. The monoisotopic (exact) mass is 1890 g/mol. The molecule has 3 aliphatic rings. The van der Waals surface area contributed by atoms with Crippen molar-refractivity contribution < 1.29 is 0 Å². The first kappa shape index (κ1) is 86.0. The van der Waals surface area contributed by atoms with Crippen molar-refractivity contribution in [2.24, 2.45) is 0 Å². The van der Waals surface area contributed by atoms with Crippen LogP contribution >= 0.6 is 0 Å². The Morgan fingerprint density at radius 1 is 0.114 bits per heavy atom. The fourth-order valence-electron chi connectivity index (χ4n) is 24.3. The summed E-state index contributed by atoms with van der Waals surface area (Å²) in [6, 6.07) is 206. The molecule has 694 valence electrons. The minimum Gasteiger partial charge on any atom is -0.311 e. The van der Waals surface area contributed by atoms with Crippen molar-refractivity contribution in [2.75, 3.05) is 9.80 Å². The maximum atomic E-state index is 2.48. The first-order valence-corrected chi connectivity index (χ1v) is 51.4. The molecule has 0 unspecified atom stereocenters. The van der Waals surface area contributed by atoms with E-state index in [1.54, 1.807) is 0 Å². The average molecular weight is 1890 g/mol. The third-order valence-corrected chi connectivity index (χ3v) is 30.9. The highest BCUT2D eigenvalue weighted by molar-refractivity contribution is 6.23. The summed E-state index contributed by atoms with van der Waals surface area (Å²) in [7, 11) is 0. The smallest absolute Gasteiger partial charge is 0.0547 e. The van der Waals surface area contributed by atoms with Gasteiger partial charge in [-0.1, -0.05) is 406 Å². The molecule has 0 saturated carbocycles. The van der Waals surface area contributed by atoms with E-state index in [0.29, 0.717) is 0 Å². The molecule has 0 N–H and O–H groups in total. The number of benzene rings is 25. The fourth-order valence-corrected chi connectivity index (χ4v) is 24.3. The van der Waals surface area contributed by atoms with E-state index in [4.69, 9.17) is 0 Å². The van der Waals surface area contributed by atoms with Crippen molar-refractivity contribution in [3.05, 3.63) is 564 Å². The number of aromatic nitrogens is 3. The van der Waals surface area contributed by atoms with Gasteiger partial charge in [0.25, 0.3) is 0 Å². The molecular formula is C144H93N5. The second-order valence-electron chi connectivity index (χ2n) is 39.2. The highest BCUT2D eigenvalue weighted by Gasteiger charge is 2.31. The number of anilines is 6. The minimum atomic E-state index is 1.09. The molecule has 3 aromatic heterocycles. The van der Waals surface area contributed by atoms with Crippen LogP contribution in [0.5, 0.6) is 0 Å². The third kappa shape index (κ3) is 14.4. The van der Waals surface area contributed by atoms with Crippen LogP contribution < -0.4 is 9.80 Å². The number of hydrogen-bond acceptors (Lipinski definition) is 2. The molecule has 0 atom stereocenters. The normalized spacial score (nSPS) is 11.8. The zero-order valence-corrected chi connectivity index (χ0v) is 81.4. The molecule has 5 heteroatoms. The predicted molar refractivity (Wildman–Crippen MR) is 630 cm³/mol. The quantitative estimate of drug-likeness (QED) is 0.122. The van der Waals surface area contributed by atoms with Crippen LogP contribution in [-0.2, 0) is 0 Å². The molecule has 0 fully saturated rings. The van der Waals surface area contributed by atoms with Crippen molar-refractivity contribution >= 4 is 132 Å². The van der Waals surface area contributed by atoms with Gasteiger partial charge in [0.1, 0.15) is 0 Å². The second-order valence-corrected chi connectivity index (χ2v) is 39.2. The molecule has 31 rings (SSSR count). The van der Waals surface area contributed by atoms with Gasteiger partial charge in [0, 0.05) is 83.5 Å². The lowest BCUT2D eigenvalue weighted by Crippen LogP contribution is -2.10. The third-order valence-electron chi connectivity index (χ3n) is 30.9. The molecule has 0 saturated heterocycles. The maximum Gasteiger partial charge on any atom is 0.0547 e. The summed E-state index contributed by atoms with van der Waals surface area (Å²) in [4.78, 5) is 4.70.